The molecule has 0 N–H and O–H groups in total. The highest BCUT2D eigenvalue weighted by atomic mass is 16.3. The summed E-state index contributed by atoms with van der Waals surface area (Å²) in [6, 6.07) is 54.4. The lowest BCUT2D eigenvalue weighted by Crippen LogP contribution is -2.09. The van der Waals surface area contributed by atoms with Gasteiger partial charge in [-0.2, -0.15) is 0 Å². The van der Waals surface area contributed by atoms with Crippen LogP contribution in [0.2, 0.25) is 0 Å². The van der Waals surface area contributed by atoms with Gasteiger partial charge in [0.15, 0.2) is 5.58 Å². The van der Waals surface area contributed by atoms with E-state index in [4.69, 9.17) is 13.8 Å². The monoisotopic (exact) mass is 578 g/mol. The van der Waals surface area contributed by atoms with E-state index in [0.29, 0.717) is 5.89 Å². The first-order chi connectivity index (χ1) is 22.3. The zero-order chi connectivity index (χ0) is 29.7. The van der Waals surface area contributed by atoms with Crippen LogP contribution in [-0.4, -0.2) is 4.98 Å². The number of nitrogens with zero attached hydrogens (tertiary/aromatic N) is 2. The minimum Gasteiger partial charge on any atom is -0.455 e. The van der Waals surface area contributed by atoms with E-state index in [0.717, 1.165) is 66.4 Å². The van der Waals surface area contributed by atoms with Gasteiger partial charge in [0.1, 0.15) is 16.7 Å². The Morgan fingerprint density at radius 2 is 1.13 bits per heavy atom. The number of benzene rings is 7. The minimum atomic E-state index is 0.586. The summed E-state index contributed by atoms with van der Waals surface area (Å²) >= 11 is 0. The number of furan rings is 1. The van der Waals surface area contributed by atoms with Crippen molar-refractivity contribution < 1.29 is 8.83 Å². The Balaban J connectivity index is 1.24. The molecule has 0 unspecified atom stereocenters. The highest BCUT2D eigenvalue weighted by Gasteiger charge is 2.21. The van der Waals surface area contributed by atoms with Crippen molar-refractivity contribution in [1.82, 2.24) is 4.98 Å². The molecule has 2 aromatic heterocycles. The van der Waals surface area contributed by atoms with Gasteiger partial charge in [-0.15, -0.1) is 0 Å². The van der Waals surface area contributed by atoms with E-state index in [-0.39, 0.29) is 0 Å². The summed E-state index contributed by atoms with van der Waals surface area (Å²) in [6.07, 6.45) is 0. The first-order valence-corrected chi connectivity index (χ1v) is 15.0. The third-order valence-electron chi connectivity index (χ3n) is 8.48. The van der Waals surface area contributed by atoms with Crippen LogP contribution in [-0.2, 0) is 0 Å². The van der Waals surface area contributed by atoms with Crippen LogP contribution in [0.1, 0.15) is 0 Å². The summed E-state index contributed by atoms with van der Waals surface area (Å²) in [7, 11) is 0. The van der Waals surface area contributed by atoms with Crippen molar-refractivity contribution in [3.05, 3.63) is 158 Å². The molecule has 0 saturated carbocycles. The second kappa shape index (κ2) is 10.2. The third kappa shape index (κ3) is 4.27. The molecule has 212 valence electrons. The molecule has 0 bridgehead atoms. The van der Waals surface area contributed by atoms with Gasteiger partial charge in [0.05, 0.1) is 0 Å². The van der Waals surface area contributed by atoms with Crippen molar-refractivity contribution in [3.63, 3.8) is 0 Å². The lowest BCUT2D eigenvalue weighted by molar-refractivity contribution is 0.620. The SMILES string of the molecule is c1ccc(-c2ccc(N(c3ccccc3)c3ccc4c(c3)oc3c5ccccc5cc(-c5nc6ccccc6o5)c43)cc2)cc1. The number of para-hydroxylation sites is 3. The standard InChI is InChI=1S/C41H26N2O2/c1-3-11-27(12-4-1)28-19-21-31(22-20-28)43(30-14-5-2-6-15-30)32-23-24-34-38(26-32)44-40-33-16-8-7-13-29(33)25-35(39(34)40)41-42-36-17-9-10-18-37(36)45-41/h1-26H. The van der Waals surface area contributed by atoms with Crippen LogP contribution in [0.25, 0.3) is 66.4 Å². The molecular weight excluding hydrogens is 552 g/mol. The molecule has 2 heterocycles. The number of hydrogen-bond donors (Lipinski definition) is 0. The molecular formula is C41H26N2O2. The van der Waals surface area contributed by atoms with E-state index in [1.807, 2.05) is 42.5 Å². The van der Waals surface area contributed by atoms with Crippen LogP contribution >= 0.6 is 0 Å². The first kappa shape index (κ1) is 25.4. The van der Waals surface area contributed by atoms with Gasteiger partial charge in [0.25, 0.3) is 0 Å². The molecule has 0 amide bonds. The van der Waals surface area contributed by atoms with Gasteiger partial charge >= 0.3 is 0 Å². The minimum absolute atomic E-state index is 0.586. The molecule has 7 aromatic carbocycles. The summed E-state index contributed by atoms with van der Waals surface area (Å²) in [4.78, 5) is 7.13. The summed E-state index contributed by atoms with van der Waals surface area (Å²) in [5.41, 5.74) is 9.66. The summed E-state index contributed by atoms with van der Waals surface area (Å²) in [5, 5.41) is 4.15. The van der Waals surface area contributed by atoms with Gasteiger partial charge in [-0.05, 0) is 71.1 Å². The molecule has 0 aliphatic carbocycles. The fourth-order valence-corrected chi connectivity index (χ4v) is 6.35. The Kier molecular flexibility index (Phi) is 5.78. The maximum Gasteiger partial charge on any atom is 0.228 e. The first-order valence-electron chi connectivity index (χ1n) is 15.0. The summed E-state index contributed by atoms with van der Waals surface area (Å²) in [6.45, 7) is 0. The van der Waals surface area contributed by atoms with Crippen LogP contribution in [0.5, 0.6) is 0 Å². The average Bonchev–Trinajstić information content (AvgIpc) is 3.71. The molecule has 9 rings (SSSR count). The summed E-state index contributed by atoms with van der Waals surface area (Å²) in [5.74, 6) is 0.586. The number of aromatic nitrogens is 1. The number of anilines is 3. The zero-order valence-electron chi connectivity index (χ0n) is 24.2. The highest BCUT2D eigenvalue weighted by molar-refractivity contribution is 6.21. The molecule has 9 aromatic rings. The van der Waals surface area contributed by atoms with E-state index < -0.39 is 0 Å². The maximum atomic E-state index is 6.75. The van der Waals surface area contributed by atoms with Crippen molar-refractivity contribution in [2.24, 2.45) is 0 Å². The largest absolute Gasteiger partial charge is 0.455 e. The molecule has 0 spiro atoms. The Labute approximate surface area is 259 Å². The van der Waals surface area contributed by atoms with Crippen molar-refractivity contribution in [2.75, 3.05) is 4.90 Å². The third-order valence-corrected chi connectivity index (χ3v) is 8.48. The number of oxazole rings is 1. The van der Waals surface area contributed by atoms with Crippen LogP contribution in [0, 0.1) is 0 Å². The van der Waals surface area contributed by atoms with Gasteiger partial charge < -0.3 is 13.7 Å². The smallest absolute Gasteiger partial charge is 0.228 e. The normalized spacial score (nSPS) is 11.6. The molecule has 45 heavy (non-hydrogen) atoms. The Morgan fingerprint density at radius 1 is 0.467 bits per heavy atom. The van der Waals surface area contributed by atoms with E-state index in [2.05, 4.69) is 120 Å². The van der Waals surface area contributed by atoms with Gasteiger partial charge in [-0.1, -0.05) is 97.1 Å². The molecule has 4 nitrogen and oxygen atoms in total. The predicted octanol–water partition coefficient (Wildman–Crippen LogP) is 11.7. The lowest BCUT2D eigenvalue weighted by atomic mass is 10.00. The quantitative estimate of drug-likeness (QED) is 0.204. The van der Waals surface area contributed by atoms with E-state index in [1.165, 1.54) is 11.1 Å². The van der Waals surface area contributed by atoms with Gasteiger partial charge in [0.2, 0.25) is 5.89 Å². The van der Waals surface area contributed by atoms with Crippen molar-refractivity contribution >= 4 is 60.9 Å². The Hall–Kier alpha value is -6.13. The van der Waals surface area contributed by atoms with E-state index in [9.17, 15) is 0 Å². The predicted molar refractivity (Wildman–Crippen MR) is 184 cm³/mol. The number of rotatable bonds is 5. The molecule has 0 aliphatic heterocycles. The van der Waals surface area contributed by atoms with Crippen LogP contribution < -0.4 is 4.90 Å². The number of hydrogen-bond acceptors (Lipinski definition) is 4. The molecule has 0 fully saturated rings. The highest BCUT2D eigenvalue weighted by Crippen LogP contribution is 2.44. The number of fused-ring (bicyclic) bond motifs is 6. The molecule has 0 atom stereocenters. The van der Waals surface area contributed by atoms with E-state index in [1.54, 1.807) is 0 Å². The molecule has 4 heteroatoms. The van der Waals surface area contributed by atoms with Crippen LogP contribution in [0.4, 0.5) is 17.1 Å². The van der Waals surface area contributed by atoms with Crippen LogP contribution in [0.3, 0.4) is 0 Å². The molecule has 0 radical (unpaired) electrons. The summed E-state index contributed by atoms with van der Waals surface area (Å²) < 4.78 is 13.0. The Bertz CT molecular complexity index is 2440. The van der Waals surface area contributed by atoms with Crippen molar-refractivity contribution in [3.8, 4) is 22.6 Å². The van der Waals surface area contributed by atoms with Crippen LogP contribution in [0.15, 0.2) is 167 Å². The van der Waals surface area contributed by atoms with Crippen molar-refractivity contribution in [2.45, 2.75) is 0 Å². The van der Waals surface area contributed by atoms with E-state index >= 15 is 0 Å². The maximum absolute atomic E-state index is 6.75. The van der Waals surface area contributed by atoms with Crippen molar-refractivity contribution in [1.29, 1.82) is 0 Å². The second-order valence-corrected chi connectivity index (χ2v) is 11.2. The van der Waals surface area contributed by atoms with Gasteiger partial charge in [-0.3, -0.25) is 0 Å². The average molecular weight is 579 g/mol. The zero-order valence-corrected chi connectivity index (χ0v) is 24.2. The Morgan fingerprint density at radius 3 is 1.96 bits per heavy atom. The molecule has 0 aliphatic rings. The fourth-order valence-electron chi connectivity index (χ4n) is 6.35. The molecule has 0 saturated heterocycles. The topological polar surface area (TPSA) is 42.4 Å². The lowest BCUT2D eigenvalue weighted by Gasteiger charge is -2.25. The second-order valence-electron chi connectivity index (χ2n) is 11.2. The van der Waals surface area contributed by atoms with Gasteiger partial charge in [-0.25, -0.2) is 4.98 Å². The van der Waals surface area contributed by atoms with Gasteiger partial charge in [0, 0.05) is 44.9 Å². The fraction of sp³-hybridized carbons (Fsp3) is 0.